The fraction of sp³-hybridized carbons (Fsp3) is 0.286. The number of hydrogen-bond acceptors (Lipinski definition) is 3. The van der Waals surface area contributed by atoms with Gasteiger partial charge in [0.25, 0.3) is 0 Å². The maximum atomic E-state index is 4.16. The van der Waals surface area contributed by atoms with Crippen molar-refractivity contribution < 1.29 is 0 Å². The van der Waals surface area contributed by atoms with Gasteiger partial charge in [-0.25, -0.2) is 14.6 Å². The van der Waals surface area contributed by atoms with E-state index in [2.05, 4.69) is 15.1 Å². The Bertz CT molecular complexity index is 348. The third kappa shape index (κ3) is 1.20. The van der Waals surface area contributed by atoms with E-state index >= 15 is 0 Å². The van der Waals surface area contributed by atoms with Crippen molar-refractivity contribution in [1.82, 2.24) is 24.3 Å². The lowest BCUT2D eigenvalue weighted by atomic mass is 10.6. The summed E-state index contributed by atoms with van der Waals surface area (Å²) in [5, 5.41) is 3.98. The average Bonchev–Trinajstić information content (AvgIpc) is 2.65. The summed E-state index contributed by atoms with van der Waals surface area (Å²) in [5.41, 5.74) is 0. The van der Waals surface area contributed by atoms with Crippen molar-refractivity contribution in [3.63, 3.8) is 0 Å². The van der Waals surface area contributed by atoms with Crippen molar-refractivity contribution in [2.24, 2.45) is 7.05 Å². The van der Waals surface area contributed by atoms with Gasteiger partial charge in [-0.05, 0) is 0 Å². The van der Waals surface area contributed by atoms with Crippen molar-refractivity contribution >= 4 is 0 Å². The minimum atomic E-state index is 0.670. The van der Waals surface area contributed by atoms with Crippen molar-refractivity contribution in [2.45, 2.75) is 6.54 Å². The number of nitrogens with zero attached hydrogens (tertiary/aromatic N) is 5. The minimum absolute atomic E-state index is 0.670. The van der Waals surface area contributed by atoms with Gasteiger partial charge in [-0.1, -0.05) is 0 Å². The monoisotopic (exact) mass is 163 g/mol. The molecule has 0 radical (unpaired) electrons. The van der Waals surface area contributed by atoms with Crippen LogP contribution in [0.1, 0.15) is 5.82 Å². The third-order valence-corrected chi connectivity index (χ3v) is 1.69. The predicted molar refractivity (Wildman–Crippen MR) is 42.3 cm³/mol. The number of rotatable bonds is 2. The second-order valence-electron chi connectivity index (χ2n) is 2.55. The van der Waals surface area contributed by atoms with Gasteiger partial charge in [-0.2, -0.15) is 5.10 Å². The molecule has 0 saturated carbocycles. The zero-order chi connectivity index (χ0) is 8.39. The first-order valence-corrected chi connectivity index (χ1v) is 3.65. The van der Waals surface area contributed by atoms with Gasteiger partial charge < -0.3 is 4.57 Å². The Morgan fingerprint density at radius 2 is 2.42 bits per heavy atom. The van der Waals surface area contributed by atoms with Gasteiger partial charge >= 0.3 is 0 Å². The van der Waals surface area contributed by atoms with Crippen LogP contribution in [0, 0.1) is 0 Å². The van der Waals surface area contributed by atoms with Gasteiger partial charge in [0.1, 0.15) is 25.0 Å². The van der Waals surface area contributed by atoms with Crippen LogP contribution in [0.5, 0.6) is 0 Å². The minimum Gasteiger partial charge on any atom is -0.336 e. The van der Waals surface area contributed by atoms with E-state index in [-0.39, 0.29) is 0 Å². The standard InChI is InChI=1S/C7H9N5/c1-11-3-2-9-7(11)4-12-6-8-5-10-12/h2-3,5-6H,4H2,1H3. The molecule has 0 aliphatic heterocycles. The molecule has 0 aliphatic carbocycles. The molecule has 2 aromatic rings. The van der Waals surface area contributed by atoms with Crippen LogP contribution >= 0.6 is 0 Å². The summed E-state index contributed by atoms with van der Waals surface area (Å²) in [5.74, 6) is 0.973. The molecule has 2 heterocycles. The highest BCUT2D eigenvalue weighted by atomic mass is 15.3. The van der Waals surface area contributed by atoms with Gasteiger partial charge in [0.15, 0.2) is 0 Å². The van der Waals surface area contributed by atoms with E-state index in [0.717, 1.165) is 5.82 Å². The summed E-state index contributed by atoms with van der Waals surface area (Å²) < 4.78 is 3.70. The maximum absolute atomic E-state index is 4.16. The van der Waals surface area contributed by atoms with Gasteiger partial charge in [-0.3, -0.25) is 0 Å². The van der Waals surface area contributed by atoms with Gasteiger partial charge in [0.05, 0.1) is 0 Å². The molecule has 0 N–H and O–H groups in total. The van der Waals surface area contributed by atoms with E-state index in [0.29, 0.717) is 6.54 Å². The van der Waals surface area contributed by atoms with Gasteiger partial charge in [0.2, 0.25) is 0 Å². The van der Waals surface area contributed by atoms with Crippen LogP contribution in [0.15, 0.2) is 25.0 Å². The molecule has 0 atom stereocenters. The van der Waals surface area contributed by atoms with E-state index in [1.165, 1.54) is 6.33 Å². The van der Waals surface area contributed by atoms with Crippen LogP contribution in [0.3, 0.4) is 0 Å². The van der Waals surface area contributed by atoms with Crippen molar-refractivity contribution in [3.8, 4) is 0 Å². The molecule has 0 unspecified atom stereocenters. The molecular weight excluding hydrogens is 154 g/mol. The largest absolute Gasteiger partial charge is 0.336 e. The number of aryl methyl sites for hydroxylation is 1. The van der Waals surface area contributed by atoms with Crippen LogP contribution in [0.25, 0.3) is 0 Å². The molecule has 0 aliphatic rings. The van der Waals surface area contributed by atoms with Crippen LogP contribution in [0.4, 0.5) is 0 Å². The summed E-state index contributed by atoms with van der Waals surface area (Å²) in [6.45, 7) is 0.670. The highest BCUT2D eigenvalue weighted by Gasteiger charge is 1.99. The third-order valence-electron chi connectivity index (χ3n) is 1.69. The highest BCUT2D eigenvalue weighted by Crippen LogP contribution is 1.95. The topological polar surface area (TPSA) is 48.5 Å². The Kier molecular flexibility index (Phi) is 1.62. The Hall–Kier alpha value is -1.65. The van der Waals surface area contributed by atoms with E-state index in [1.807, 2.05) is 17.8 Å². The van der Waals surface area contributed by atoms with Crippen LogP contribution < -0.4 is 0 Å². The molecule has 2 rings (SSSR count). The maximum Gasteiger partial charge on any atom is 0.137 e. The lowest BCUT2D eigenvalue weighted by molar-refractivity contribution is 0.630. The Morgan fingerprint density at radius 1 is 1.50 bits per heavy atom. The molecule has 0 aromatic carbocycles. The van der Waals surface area contributed by atoms with E-state index < -0.39 is 0 Å². The first-order valence-electron chi connectivity index (χ1n) is 3.65. The molecule has 5 nitrogen and oxygen atoms in total. The molecule has 62 valence electrons. The van der Waals surface area contributed by atoms with Crippen LogP contribution in [0.2, 0.25) is 0 Å². The summed E-state index contributed by atoms with van der Waals surface area (Å²) in [6, 6.07) is 0. The predicted octanol–water partition coefficient (Wildman–Crippen LogP) is 0.0599. The zero-order valence-corrected chi connectivity index (χ0v) is 6.75. The van der Waals surface area contributed by atoms with Gasteiger partial charge in [-0.15, -0.1) is 0 Å². The fourth-order valence-corrected chi connectivity index (χ4v) is 1.01. The normalized spacial score (nSPS) is 10.4. The lowest BCUT2D eigenvalue weighted by Crippen LogP contribution is -2.05. The smallest absolute Gasteiger partial charge is 0.137 e. The Morgan fingerprint density at radius 3 is 3.00 bits per heavy atom. The van der Waals surface area contributed by atoms with Crippen LogP contribution in [-0.2, 0) is 13.6 Å². The second-order valence-corrected chi connectivity index (χ2v) is 2.55. The first-order chi connectivity index (χ1) is 5.86. The quantitative estimate of drug-likeness (QED) is 0.629. The summed E-state index contributed by atoms with van der Waals surface area (Å²) >= 11 is 0. The SMILES string of the molecule is Cn1ccnc1Cn1cncn1. The van der Waals surface area contributed by atoms with Crippen LogP contribution in [-0.4, -0.2) is 24.3 Å². The molecule has 0 spiro atoms. The zero-order valence-electron chi connectivity index (χ0n) is 6.75. The molecule has 12 heavy (non-hydrogen) atoms. The number of aromatic nitrogens is 5. The number of imidazole rings is 1. The summed E-state index contributed by atoms with van der Waals surface area (Å²) in [7, 11) is 1.96. The Labute approximate surface area is 69.7 Å². The van der Waals surface area contributed by atoms with Crippen molar-refractivity contribution in [2.75, 3.05) is 0 Å². The average molecular weight is 163 g/mol. The van der Waals surface area contributed by atoms with E-state index in [4.69, 9.17) is 0 Å². The lowest BCUT2D eigenvalue weighted by Gasteiger charge is -1.99. The van der Waals surface area contributed by atoms with Gasteiger partial charge in [0, 0.05) is 19.4 Å². The molecule has 0 amide bonds. The van der Waals surface area contributed by atoms with E-state index in [1.54, 1.807) is 17.2 Å². The number of hydrogen-bond donors (Lipinski definition) is 0. The first kappa shape index (κ1) is 7.02. The molecule has 0 bridgehead atoms. The molecular formula is C7H9N5. The van der Waals surface area contributed by atoms with E-state index in [9.17, 15) is 0 Å². The van der Waals surface area contributed by atoms with Crippen molar-refractivity contribution in [1.29, 1.82) is 0 Å². The van der Waals surface area contributed by atoms with Crippen molar-refractivity contribution in [3.05, 3.63) is 30.9 Å². The molecule has 2 aromatic heterocycles. The molecule has 0 saturated heterocycles. The summed E-state index contributed by atoms with van der Waals surface area (Å²) in [4.78, 5) is 8.01. The Balaban J connectivity index is 2.20. The second kappa shape index (κ2) is 2.77. The fourth-order valence-electron chi connectivity index (χ4n) is 1.01. The summed E-state index contributed by atoms with van der Waals surface area (Å²) in [6.07, 6.45) is 6.87. The highest BCUT2D eigenvalue weighted by molar-refractivity contribution is 4.90. The molecule has 0 fully saturated rings. The molecule has 5 heteroatoms.